The molecule has 1 aliphatic rings. The minimum atomic E-state index is -0.761. The number of nitrogens with one attached hydrogen (secondary N) is 3. The Morgan fingerprint density at radius 2 is 1.77 bits per heavy atom. The van der Waals surface area contributed by atoms with E-state index in [0.29, 0.717) is 25.6 Å². The summed E-state index contributed by atoms with van der Waals surface area (Å²) in [7, 11) is 0. The van der Waals surface area contributed by atoms with Gasteiger partial charge in [0.2, 0.25) is 11.8 Å². The quantitative estimate of drug-likeness (QED) is 0.281. The van der Waals surface area contributed by atoms with Crippen molar-refractivity contribution in [2.75, 3.05) is 26.2 Å². The van der Waals surface area contributed by atoms with Crippen LogP contribution in [0.4, 0.5) is 0 Å². The molecule has 1 aliphatic carbocycles. The number of carbonyl (C=O) groups excluding carboxylic acids is 3. The first-order chi connectivity index (χ1) is 16.8. The van der Waals surface area contributed by atoms with Crippen LogP contribution >= 0.6 is 0 Å². The SMILES string of the molecule is CC(=O)C(NCCOc1ccccc1CCCNC(=O)CNC(=O)C(C)C(C)O)C1CCCCC1. The molecule has 2 amide bonds. The lowest BCUT2D eigenvalue weighted by atomic mass is 9.82. The second-order valence-corrected chi connectivity index (χ2v) is 9.60. The molecule has 4 N–H and O–H groups in total. The molecule has 3 atom stereocenters. The van der Waals surface area contributed by atoms with Gasteiger partial charge in [-0.25, -0.2) is 0 Å². The summed E-state index contributed by atoms with van der Waals surface area (Å²) in [4.78, 5) is 35.9. The standard InChI is InChI=1S/C27H43N3O5/c1-19(20(2)31)27(34)30-18-25(33)28-15-9-13-22-10-7-8-14-24(22)35-17-16-29-26(21(3)32)23-11-5-4-6-12-23/h7-8,10,14,19-20,23,26,29,31H,4-6,9,11-13,15-18H2,1-3H3,(H,28,33)(H,30,34). The van der Waals surface area contributed by atoms with Crippen molar-refractivity contribution in [1.82, 2.24) is 16.0 Å². The second kappa shape index (κ2) is 15.5. The Kier molecular flexibility index (Phi) is 12.8. The Morgan fingerprint density at radius 1 is 1.06 bits per heavy atom. The van der Waals surface area contributed by atoms with Crippen molar-refractivity contribution in [2.24, 2.45) is 11.8 Å². The predicted octanol–water partition coefficient (Wildman–Crippen LogP) is 2.37. The molecule has 1 saturated carbocycles. The Bertz CT molecular complexity index is 808. The summed E-state index contributed by atoms with van der Waals surface area (Å²) in [6.07, 6.45) is 6.63. The summed E-state index contributed by atoms with van der Waals surface area (Å²) in [6, 6.07) is 7.77. The molecule has 35 heavy (non-hydrogen) atoms. The van der Waals surface area contributed by atoms with E-state index in [-0.39, 0.29) is 30.2 Å². The lowest BCUT2D eigenvalue weighted by Crippen LogP contribution is -2.44. The number of hydrogen-bond acceptors (Lipinski definition) is 6. The summed E-state index contributed by atoms with van der Waals surface area (Å²) >= 11 is 0. The molecular formula is C27H43N3O5. The molecule has 1 aromatic rings. The Hall–Kier alpha value is -2.45. The molecule has 0 spiro atoms. The third-order valence-corrected chi connectivity index (χ3v) is 6.76. The zero-order chi connectivity index (χ0) is 25.6. The molecule has 1 fully saturated rings. The predicted molar refractivity (Wildman–Crippen MR) is 136 cm³/mol. The zero-order valence-corrected chi connectivity index (χ0v) is 21.5. The molecule has 1 aromatic carbocycles. The van der Waals surface area contributed by atoms with E-state index in [4.69, 9.17) is 4.74 Å². The first-order valence-corrected chi connectivity index (χ1v) is 13.0. The summed E-state index contributed by atoms with van der Waals surface area (Å²) < 4.78 is 6.01. The number of para-hydroxylation sites is 1. The Morgan fingerprint density at radius 3 is 2.46 bits per heavy atom. The van der Waals surface area contributed by atoms with Crippen LogP contribution in [0.3, 0.4) is 0 Å². The van der Waals surface area contributed by atoms with Gasteiger partial charge in [0.05, 0.1) is 24.6 Å². The monoisotopic (exact) mass is 489 g/mol. The van der Waals surface area contributed by atoms with E-state index >= 15 is 0 Å². The van der Waals surface area contributed by atoms with E-state index in [1.165, 1.54) is 19.3 Å². The molecule has 2 rings (SSSR count). The van der Waals surface area contributed by atoms with Gasteiger partial charge in [-0.15, -0.1) is 0 Å². The van der Waals surface area contributed by atoms with E-state index < -0.39 is 12.0 Å². The van der Waals surface area contributed by atoms with E-state index in [1.54, 1.807) is 20.8 Å². The van der Waals surface area contributed by atoms with Crippen LogP contribution in [0.5, 0.6) is 5.75 Å². The lowest BCUT2D eigenvalue weighted by Gasteiger charge is -2.29. The number of aryl methyl sites for hydroxylation is 1. The molecule has 0 radical (unpaired) electrons. The van der Waals surface area contributed by atoms with Gasteiger partial charge in [0.1, 0.15) is 18.1 Å². The maximum absolute atomic E-state index is 12.1. The number of ketones is 1. The van der Waals surface area contributed by atoms with Gasteiger partial charge >= 0.3 is 0 Å². The molecule has 196 valence electrons. The van der Waals surface area contributed by atoms with Crippen molar-refractivity contribution < 1.29 is 24.2 Å². The number of rotatable bonds is 15. The average molecular weight is 490 g/mol. The second-order valence-electron chi connectivity index (χ2n) is 9.60. The summed E-state index contributed by atoms with van der Waals surface area (Å²) in [6.45, 7) is 6.31. The molecule has 8 heteroatoms. The average Bonchev–Trinajstić information content (AvgIpc) is 2.85. The van der Waals surface area contributed by atoms with Crippen LogP contribution in [0.25, 0.3) is 0 Å². The topological polar surface area (TPSA) is 117 Å². The minimum Gasteiger partial charge on any atom is -0.492 e. The molecule has 0 saturated heterocycles. The van der Waals surface area contributed by atoms with Crippen molar-refractivity contribution in [3.05, 3.63) is 29.8 Å². The molecule has 0 aliphatic heterocycles. The maximum atomic E-state index is 12.1. The first kappa shape index (κ1) is 28.8. The van der Waals surface area contributed by atoms with Crippen LogP contribution in [0.2, 0.25) is 0 Å². The largest absolute Gasteiger partial charge is 0.492 e. The minimum absolute atomic E-state index is 0.0854. The highest BCUT2D eigenvalue weighted by atomic mass is 16.5. The van der Waals surface area contributed by atoms with Gasteiger partial charge in [0, 0.05) is 13.1 Å². The van der Waals surface area contributed by atoms with Gasteiger partial charge < -0.3 is 25.8 Å². The summed E-state index contributed by atoms with van der Waals surface area (Å²) in [5.41, 5.74) is 1.07. The highest BCUT2D eigenvalue weighted by molar-refractivity contribution is 5.85. The first-order valence-electron chi connectivity index (χ1n) is 13.0. The maximum Gasteiger partial charge on any atom is 0.239 e. The van der Waals surface area contributed by atoms with E-state index in [2.05, 4.69) is 16.0 Å². The van der Waals surface area contributed by atoms with E-state index in [0.717, 1.165) is 37.0 Å². The van der Waals surface area contributed by atoms with Crippen molar-refractivity contribution in [3.63, 3.8) is 0 Å². The fourth-order valence-electron chi connectivity index (χ4n) is 4.45. The third-order valence-electron chi connectivity index (χ3n) is 6.76. The number of Topliss-reactive ketones (excluding diaryl/α,β-unsaturated/α-hetero) is 1. The third kappa shape index (κ3) is 10.4. The van der Waals surface area contributed by atoms with Crippen LogP contribution < -0.4 is 20.7 Å². The fourth-order valence-corrected chi connectivity index (χ4v) is 4.45. The number of ether oxygens (including phenoxy) is 1. The molecule has 0 aromatic heterocycles. The highest BCUT2D eigenvalue weighted by Gasteiger charge is 2.26. The molecule has 8 nitrogen and oxygen atoms in total. The lowest BCUT2D eigenvalue weighted by molar-refractivity contribution is -0.130. The number of amides is 2. The van der Waals surface area contributed by atoms with Gasteiger partial charge in [-0.1, -0.05) is 44.4 Å². The van der Waals surface area contributed by atoms with Crippen molar-refractivity contribution in [2.45, 2.75) is 77.9 Å². The van der Waals surface area contributed by atoms with Crippen LogP contribution in [0.1, 0.15) is 64.9 Å². The van der Waals surface area contributed by atoms with Crippen molar-refractivity contribution in [1.29, 1.82) is 0 Å². The Balaban J connectivity index is 1.69. The van der Waals surface area contributed by atoms with Gasteiger partial charge in [0.25, 0.3) is 0 Å². The molecule has 0 bridgehead atoms. The van der Waals surface area contributed by atoms with Gasteiger partial charge in [-0.05, 0) is 57.1 Å². The molecule has 3 unspecified atom stereocenters. The fraction of sp³-hybridized carbons (Fsp3) is 0.667. The van der Waals surface area contributed by atoms with Gasteiger partial charge in [-0.2, -0.15) is 0 Å². The smallest absolute Gasteiger partial charge is 0.239 e. The van der Waals surface area contributed by atoms with Gasteiger partial charge in [-0.3, -0.25) is 14.4 Å². The number of aliphatic hydroxyl groups is 1. The summed E-state index contributed by atoms with van der Waals surface area (Å²) in [5, 5.41) is 18.2. The normalized spacial score (nSPS) is 16.7. The van der Waals surface area contributed by atoms with E-state index in [1.807, 2.05) is 24.3 Å². The van der Waals surface area contributed by atoms with Gasteiger partial charge in [0.15, 0.2) is 0 Å². The zero-order valence-electron chi connectivity index (χ0n) is 21.5. The van der Waals surface area contributed by atoms with Crippen molar-refractivity contribution in [3.8, 4) is 5.75 Å². The summed E-state index contributed by atoms with van der Waals surface area (Å²) in [5.74, 6) is 0.288. The number of aliphatic hydroxyl groups excluding tert-OH is 1. The molecule has 0 heterocycles. The highest BCUT2D eigenvalue weighted by Crippen LogP contribution is 2.27. The van der Waals surface area contributed by atoms with Crippen LogP contribution in [-0.2, 0) is 20.8 Å². The van der Waals surface area contributed by atoms with Crippen LogP contribution in [-0.4, -0.2) is 61.1 Å². The Labute approximate surface area is 209 Å². The number of carbonyl (C=O) groups is 3. The molecular weight excluding hydrogens is 446 g/mol. The number of benzene rings is 1. The van der Waals surface area contributed by atoms with E-state index in [9.17, 15) is 19.5 Å². The van der Waals surface area contributed by atoms with Crippen LogP contribution in [0, 0.1) is 11.8 Å². The van der Waals surface area contributed by atoms with Crippen LogP contribution in [0.15, 0.2) is 24.3 Å². The number of hydrogen-bond donors (Lipinski definition) is 4. The van der Waals surface area contributed by atoms with Crippen molar-refractivity contribution >= 4 is 17.6 Å².